The van der Waals surface area contributed by atoms with Crippen LogP contribution in [0.15, 0.2) is 41.6 Å². The van der Waals surface area contributed by atoms with Crippen LogP contribution in [0.1, 0.15) is 26.7 Å². The van der Waals surface area contributed by atoms with Crippen molar-refractivity contribution in [3.05, 3.63) is 36.7 Å². The molecule has 33 heavy (non-hydrogen) atoms. The molecular weight excluding hydrogens is 444 g/mol. The molecule has 0 aliphatic carbocycles. The van der Waals surface area contributed by atoms with E-state index in [4.69, 9.17) is 0 Å². The maximum absolute atomic E-state index is 12.8. The van der Waals surface area contributed by atoms with Crippen LogP contribution in [0.5, 0.6) is 0 Å². The van der Waals surface area contributed by atoms with Gasteiger partial charge >= 0.3 is 0 Å². The van der Waals surface area contributed by atoms with E-state index in [1.165, 1.54) is 26.2 Å². The maximum Gasteiger partial charge on any atom is 0.242 e. The Morgan fingerprint density at radius 3 is 2.48 bits per heavy atom. The van der Waals surface area contributed by atoms with Crippen molar-refractivity contribution >= 4 is 33.2 Å². The quantitative estimate of drug-likeness (QED) is 0.600. The lowest BCUT2D eigenvalue weighted by atomic mass is 9.95. The zero-order valence-corrected chi connectivity index (χ0v) is 20.3. The number of carbonyl (C=O) groups excluding carboxylic acids is 2. The molecule has 3 rings (SSSR count). The summed E-state index contributed by atoms with van der Waals surface area (Å²) in [4.78, 5) is 27.5. The number of amides is 2. The minimum Gasteiger partial charge on any atom is -0.325 e. The van der Waals surface area contributed by atoms with Gasteiger partial charge in [0.05, 0.1) is 22.8 Å². The highest BCUT2D eigenvalue weighted by molar-refractivity contribution is 7.89. The topological polar surface area (TPSA) is 117 Å². The highest BCUT2D eigenvalue weighted by atomic mass is 32.2. The summed E-state index contributed by atoms with van der Waals surface area (Å²) >= 11 is 0. The third-order valence-corrected chi connectivity index (χ3v) is 7.74. The van der Waals surface area contributed by atoms with Gasteiger partial charge in [-0.1, -0.05) is 6.07 Å². The number of hydrogen-bond acceptors (Lipinski definition) is 6. The van der Waals surface area contributed by atoms with Crippen molar-refractivity contribution in [1.29, 1.82) is 0 Å². The van der Waals surface area contributed by atoms with E-state index < -0.39 is 16.1 Å². The standard InChI is InChI=1S/C22H32N6O4S/c1-5-28-15-19(14-23-28)25-22(30)17-9-11-27(12-10-17)16(2)21(29)24-18-7-6-8-20(13-18)33(31,32)26(3)4/h6-8,13-17H,5,9-12H2,1-4H3,(H,24,29)(H,25,30). The number of aryl methyl sites for hydroxylation is 1. The summed E-state index contributed by atoms with van der Waals surface area (Å²) in [6.45, 7) is 5.78. The molecule has 1 atom stereocenters. The van der Waals surface area contributed by atoms with Crippen molar-refractivity contribution in [2.45, 2.75) is 44.2 Å². The van der Waals surface area contributed by atoms with Gasteiger partial charge in [-0.15, -0.1) is 0 Å². The number of rotatable bonds is 8. The van der Waals surface area contributed by atoms with E-state index in [0.717, 1.165) is 10.8 Å². The summed E-state index contributed by atoms with van der Waals surface area (Å²) in [5.74, 6) is -0.361. The molecule has 2 heterocycles. The third kappa shape index (κ3) is 5.98. The Morgan fingerprint density at radius 2 is 1.88 bits per heavy atom. The monoisotopic (exact) mass is 476 g/mol. The molecule has 1 aromatic heterocycles. The second kappa shape index (κ2) is 10.4. The molecule has 1 saturated heterocycles. The first kappa shape index (κ1) is 24.9. The number of anilines is 2. The van der Waals surface area contributed by atoms with E-state index in [-0.39, 0.29) is 22.6 Å². The minimum absolute atomic E-state index is 0.0266. The molecule has 1 aliphatic rings. The van der Waals surface area contributed by atoms with Gasteiger partial charge in [-0.2, -0.15) is 5.10 Å². The Morgan fingerprint density at radius 1 is 1.18 bits per heavy atom. The lowest BCUT2D eigenvalue weighted by Gasteiger charge is -2.34. The Balaban J connectivity index is 1.53. The summed E-state index contributed by atoms with van der Waals surface area (Å²) < 4.78 is 27.6. The van der Waals surface area contributed by atoms with Crippen LogP contribution >= 0.6 is 0 Å². The Hall–Kier alpha value is -2.76. The fourth-order valence-electron chi connectivity index (χ4n) is 3.75. The maximum atomic E-state index is 12.8. The summed E-state index contributed by atoms with van der Waals surface area (Å²) in [6.07, 6.45) is 4.75. The molecule has 180 valence electrons. The van der Waals surface area contributed by atoms with Crippen molar-refractivity contribution in [3.63, 3.8) is 0 Å². The number of carbonyl (C=O) groups is 2. The van der Waals surface area contributed by atoms with Gasteiger partial charge in [0.1, 0.15) is 0 Å². The summed E-state index contributed by atoms with van der Waals surface area (Å²) in [5, 5.41) is 9.89. The number of nitrogens with zero attached hydrogens (tertiary/aromatic N) is 4. The van der Waals surface area contributed by atoms with Crippen LogP contribution in [0.2, 0.25) is 0 Å². The molecule has 1 aliphatic heterocycles. The molecule has 0 spiro atoms. The lowest BCUT2D eigenvalue weighted by Crippen LogP contribution is -2.47. The molecule has 10 nitrogen and oxygen atoms in total. The fourth-order valence-corrected chi connectivity index (χ4v) is 4.70. The Kier molecular flexibility index (Phi) is 7.88. The molecule has 0 radical (unpaired) electrons. The van der Waals surface area contributed by atoms with Crippen molar-refractivity contribution in [2.24, 2.45) is 5.92 Å². The molecule has 2 aromatic rings. The van der Waals surface area contributed by atoms with Crippen LogP contribution in [0.25, 0.3) is 0 Å². The molecule has 0 saturated carbocycles. The summed E-state index contributed by atoms with van der Waals surface area (Å²) in [5.41, 5.74) is 1.12. The number of piperidine rings is 1. The van der Waals surface area contributed by atoms with Gasteiger partial charge in [-0.05, 0) is 58.0 Å². The second-order valence-corrected chi connectivity index (χ2v) is 10.5. The van der Waals surface area contributed by atoms with E-state index in [2.05, 4.69) is 15.7 Å². The van der Waals surface area contributed by atoms with Gasteiger partial charge in [0.15, 0.2) is 0 Å². The predicted molar refractivity (Wildman–Crippen MR) is 126 cm³/mol. The second-order valence-electron chi connectivity index (χ2n) is 8.36. The van der Waals surface area contributed by atoms with Crippen LogP contribution in [0.4, 0.5) is 11.4 Å². The van der Waals surface area contributed by atoms with Crippen molar-refractivity contribution in [1.82, 2.24) is 19.0 Å². The molecule has 11 heteroatoms. The van der Waals surface area contributed by atoms with Crippen molar-refractivity contribution in [2.75, 3.05) is 37.8 Å². The molecule has 2 amide bonds. The van der Waals surface area contributed by atoms with E-state index in [1.807, 2.05) is 18.7 Å². The van der Waals surface area contributed by atoms with E-state index >= 15 is 0 Å². The lowest BCUT2D eigenvalue weighted by molar-refractivity contribution is -0.123. The Labute approximate surface area is 195 Å². The number of sulfonamides is 1. The van der Waals surface area contributed by atoms with Crippen molar-refractivity contribution < 1.29 is 18.0 Å². The minimum atomic E-state index is -3.58. The van der Waals surface area contributed by atoms with Crippen LogP contribution in [0, 0.1) is 5.92 Å². The smallest absolute Gasteiger partial charge is 0.242 e. The average molecular weight is 477 g/mol. The molecule has 1 unspecified atom stereocenters. The van der Waals surface area contributed by atoms with Crippen LogP contribution in [-0.2, 0) is 26.2 Å². The van der Waals surface area contributed by atoms with E-state index in [0.29, 0.717) is 37.3 Å². The van der Waals surface area contributed by atoms with Gasteiger partial charge in [-0.25, -0.2) is 12.7 Å². The zero-order valence-electron chi connectivity index (χ0n) is 19.5. The van der Waals surface area contributed by atoms with Crippen molar-refractivity contribution in [3.8, 4) is 0 Å². The first-order chi connectivity index (χ1) is 15.6. The fraction of sp³-hybridized carbons (Fsp3) is 0.500. The first-order valence-electron chi connectivity index (χ1n) is 11.0. The average Bonchev–Trinajstić information content (AvgIpc) is 3.26. The largest absolute Gasteiger partial charge is 0.325 e. The van der Waals surface area contributed by atoms with Gasteiger partial charge < -0.3 is 10.6 Å². The first-order valence-corrected chi connectivity index (χ1v) is 12.5. The van der Waals surface area contributed by atoms with Crippen LogP contribution < -0.4 is 10.6 Å². The number of benzene rings is 1. The SMILES string of the molecule is CCn1cc(NC(=O)C2CCN(C(C)C(=O)Nc3cccc(S(=O)(=O)N(C)C)c3)CC2)cn1. The van der Waals surface area contributed by atoms with E-state index in [1.54, 1.807) is 29.2 Å². The molecule has 2 N–H and O–H groups in total. The summed E-state index contributed by atoms with van der Waals surface area (Å²) in [7, 11) is -0.659. The van der Waals surface area contributed by atoms with Crippen LogP contribution in [0.3, 0.4) is 0 Å². The normalized spacial score (nSPS) is 16.5. The number of hydrogen-bond donors (Lipinski definition) is 2. The molecule has 1 aromatic carbocycles. The third-order valence-electron chi connectivity index (χ3n) is 5.93. The van der Waals surface area contributed by atoms with Crippen LogP contribution in [-0.4, -0.2) is 72.4 Å². The molecule has 0 bridgehead atoms. The van der Waals surface area contributed by atoms with Gasteiger partial charge in [-0.3, -0.25) is 19.2 Å². The number of nitrogens with one attached hydrogen (secondary N) is 2. The number of aromatic nitrogens is 2. The summed E-state index contributed by atoms with van der Waals surface area (Å²) in [6, 6.07) is 5.81. The van der Waals surface area contributed by atoms with Gasteiger partial charge in [0.2, 0.25) is 21.8 Å². The highest BCUT2D eigenvalue weighted by Gasteiger charge is 2.30. The number of likely N-dealkylation sites (tertiary alicyclic amines) is 1. The van der Waals surface area contributed by atoms with Gasteiger partial charge in [0, 0.05) is 38.4 Å². The zero-order chi connectivity index (χ0) is 24.2. The molecule has 1 fully saturated rings. The van der Waals surface area contributed by atoms with Gasteiger partial charge in [0.25, 0.3) is 0 Å². The molecular formula is C22H32N6O4S. The predicted octanol–water partition coefficient (Wildman–Crippen LogP) is 1.83. The van der Waals surface area contributed by atoms with E-state index in [9.17, 15) is 18.0 Å². The Bertz CT molecular complexity index is 1090. The highest BCUT2D eigenvalue weighted by Crippen LogP contribution is 2.22.